The largest absolute Gasteiger partial charge is 0.286 e. The lowest BCUT2D eigenvalue weighted by Crippen LogP contribution is -1.82. The topological polar surface area (TPSA) is 12.4 Å². The molecule has 0 N–H and O–H groups in total. The van der Waals surface area contributed by atoms with Gasteiger partial charge in [0.15, 0.2) is 0 Å². The van der Waals surface area contributed by atoms with Gasteiger partial charge in [-0.15, -0.1) is 0 Å². The lowest BCUT2D eigenvalue weighted by Gasteiger charge is -1.83. The highest BCUT2D eigenvalue weighted by Crippen LogP contribution is 1.89. The molecule has 1 aliphatic rings. The van der Waals surface area contributed by atoms with E-state index in [2.05, 4.69) is 4.99 Å². The van der Waals surface area contributed by atoms with E-state index in [1.165, 1.54) is 0 Å². The summed E-state index contributed by atoms with van der Waals surface area (Å²) in [5.74, 6) is 0. The molecule has 70 valence electrons. The summed E-state index contributed by atoms with van der Waals surface area (Å²) in [6.07, 6.45) is 8.06. The summed E-state index contributed by atoms with van der Waals surface area (Å²) in [6, 6.07) is 0. The van der Waals surface area contributed by atoms with Crippen molar-refractivity contribution in [2.24, 2.45) is 4.99 Å². The van der Waals surface area contributed by atoms with E-state index < -0.39 is 0 Å². The van der Waals surface area contributed by atoms with Crippen LogP contribution < -0.4 is 0 Å². The van der Waals surface area contributed by atoms with Gasteiger partial charge in [0.25, 0.3) is 0 Å². The first-order chi connectivity index (χ1) is 5.89. The number of allylic oxidation sites excluding steroid dienone is 3. The Balaban J connectivity index is 0. The van der Waals surface area contributed by atoms with Gasteiger partial charge in [-0.1, -0.05) is 45.9 Å². The highest BCUT2D eigenvalue weighted by atomic mass is 14.7. The van der Waals surface area contributed by atoms with E-state index >= 15 is 0 Å². The summed E-state index contributed by atoms with van der Waals surface area (Å²) in [5.41, 5.74) is 1.11. The first kappa shape index (κ1) is 13.7. The van der Waals surface area contributed by atoms with E-state index in [1.807, 2.05) is 58.9 Å². The molecule has 1 aliphatic heterocycles. The van der Waals surface area contributed by atoms with Gasteiger partial charge in [-0.3, -0.25) is 4.99 Å². The van der Waals surface area contributed by atoms with Crippen molar-refractivity contribution in [1.82, 2.24) is 0 Å². The molecular weight excluding hydrogens is 146 g/mol. The predicted octanol–water partition coefficient (Wildman–Crippen LogP) is 3.63. The van der Waals surface area contributed by atoms with Crippen molar-refractivity contribution in [2.45, 2.75) is 34.6 Å². The van der Waals surface area contributed by atoms with Crippen LogP contribution >= 0.6 is 0 Å². The zero-order chi connectivity index (χ0) is 9.82. The summed E-state index contributed by atoms with van der Waals surface area (Å²) >= 11 is 0. The van der Waals surface area contributed by atoms with Crippen molar-refractivity contribution in [1.29, 1.82) is 0 Å². The Morgan fingerprint density at radius 3 is 2.25 bits per heavy atom. The summed E-state index contributed by atoms with van der Waals surface area (Å²) < 4.78 is 0. The first-order valence-corrected chi connectivity index (χ1v) is 4.74. The van der Waals surface area contributed by atoms with Gasteiger partial charge >= 0.3 is 0 Å². The van der Waals surface area contributed by atoms with Crippen molar-refractivity contribution in [3.63, 3.8) is 0 Å². The number of rotatable bonds is 0. The molecule has 0 aromatic rings. The maximum Gasteiger partial charge on any atom is 0.0576 e. The lowest BCUT2D eigenvalue weighted by atomic mass is 10.4. The third kappa shape index (κ3) is 9.15. The predicted molar refractivity (Wildman–Crippen MR) is 59.0 cm³/mol. The maximum atomic E-state index is 4.17. The molecule has 0 saturated carbocycles. The zero-order valence-corrected chi connectivity index (χ0v) is 8.96. The second kappa shape index (κ2) is 12.8. The number of nitrogens with zero attached hydrogens (tertiary/aromatic N) is 1. The third-order valence-corrected chi connectivity index (χ3v) is 1.03. The minimum atomic E-state index is 0.832. The van der Waals surface area contributed by atoms with Crippen LogP contribution in [0.2, 0.25) is 0 Å². The van der Waals surface area contributed by atoms with Crippen LogP contribution in [0, 0.1) is 0 Å². The zero-order valence-electron chi connectivity index (χ0n) is 8.96. The van der Waals surface area contributed by atoms with Crippen LogP contribution in [0.5, 0.6) is 0 Å². The van der Waals surface area contributed by atoms with Gasteiger partial charge in [-0.05, 0) is 13.0 Å². The Labute approximate surface area is 76.9 Å². The Bertz CT molecular complexity index is 150. The molecule has 12 heavy (non-hydrogen) atoms. The standard InChI is InChI=1S/C7H9N.2C2H6/c1-7-5-3-2-4-6-8-7;2*1-2/h2-5H,6H2,1H3;2*1-2H3. The average molecular weight is 167 g/mol. The SMILES string of the molecule is CC.CC.CC1=NCC=CC=C1. The summed E-state index contributed by atoms with van der Waals surface area (Å²) in [6.45, 7) is 10.8. The lowest BCUT2D eigenvalue weighted by molar-refractivity contribution is 1.25. The van der Waals surface area contributed by atoms with Gasteiger partial charge in [0.05, 0.1) is 6.54 Å². The van der Waals surface area contributed by atoms with Crippen molar-refractivity contribution in [2.75, 3.05) is 6.54 Å². The molecule has 1 rings (SSSR count). The Morgan fingerprint density at radius 2 is 1.67 bits per heavy atom. The van der Waals surface area contributed by atoms with Gasteiger partial charge < -0.3 is 0 Å². The van der Waals surface area contributed by atoms with Gasteiger partial charge in [0.2, 0.25) is 0 Å². The van der Waals surface area contributed by atoms with Gasteiger partial charge in [-0.2, -0.15) is 0 Å². The van der Waals surface area contributed by atoms with E-state index in [4.69, 9.17) is 0 Å². The monoisotopic (exact) mass is 167 g/mol. The Kier molecular flexibility index (Phi) is 14.6. The second-order valence-electron chi connectivity index (χ2n) is 1.77. The normalized spacial score (nSPS) is 12.9. The molecular formula is C11H21N. The van der Waals surface area contributed by atoms with Crippen LogP contribution in [0.25, 0.3) is 0 Å². The van der Waals surface area contributed by atoms with Crippen LogP contribution in [0.15, 0.2) is 29.3 Å². The minimum Gasteiger partial charge on any atom is -0.286 e. The van der Waals surface area contributed by atoms with Crippen LogP contribution in [-0.4, -0.2) is 12.3 Å². The van der Waals surface area contributed by atoms with Crippen molar-refractivity contribution in [3.05, 3.63) is 24.3 Å². The van der Waals surface area contributed by atoms with Gasteiger partial charge in [0.1, 0.15) is 0 Å². The van der Waals surface area contributed by atoms with Crippen molar-refractivity contribution < 1.29 is 0 Å². The third-order valence-electron chi connectivity index (χ3n) is 1.03. The van der Waals surface area contributed by atoms with E-state index in [9.17, 15) is 0 Å². The highest BCUT2D eigenvalue weighted by molar-refractivity contribution is 5.93. The molecule has 1 heterocycles. The highest BCUT2D eigenvalue weighted by Gasteiger charge is 1.82. The molecule has 0 unspecified atom stereocenters. The Morgan fingerprint density at radius 1 is 1.08 bits per heavy atom. The van der Waals surface area contributed by atoms with E-state index in [1.54, 1.807) is 0 Å². The van der Waals surface area contributed by atoms with E-state index in [0.717, 1.165) is 12.3 Å². The van der Waals surface area contributed by atoms with Gasteiger partial charge in [-0.25, -0.2) is 0 Å². The minimum absolute atomic E-state index is 0.832. The first-order valence-electron chi connectivity index (χ1n) is 4.74. The molecule has 0 aliphatic carbocycles. The van der Waals surface area contributed by atoms with Crippen molar-refractivity contribution >= 4 is 5.71 Å². The molecule has 0 spiro atoms. The number of hydrogen-bond acceptors (Lipinski definition) is 1. The second-order valence-corrected chi connectivity index (χ2v) is 1.77. The Hall–Kier alpha value is -0.850. The fraction of sp³-hybridized carbons (Fsp3) is 0.545. The van der Waals surface area contributed by atoms with Crippen LogP contribution in [0.1, 0.15) is 34.6 Å². The molecule has 0 aromatic carbocycles. The molecule has 0 bridgehead atoms. The summed E-state index contributed by atoms with van der Waals surface area (Å²) in [4.78, 5) is 4.17. The molecule has 1 heteroatoms. The number of aliphatic imine (C=N–C) groups is 1. The maximum absolute atomic E-state index is 4.17. The fourth-order valence-corrected chi connectivity index (χ4v) is 0.584. The molecule has 0 amide bonds. The number of hydrogen-bond donors (Lipinski definition) is 0. The summed E-state index contributed by atoms with van der Waals surface area (Å²) in [5, 5.41) is 0. The van der Waals surface area contributed by atoms with E-state index in [0.29, 0.717) is 0 Å². The van der Waals surface area contributed by atoms with E-state index in [-0.39, 0.29) is 0 Å². The molecule has 0 radical (unpaired) electrons. The van der Waals surface area contributed by atoms with Crippen LogP contribution in [-0.2, 0) is 0 Å². The van der Waals surface area contributed by atoms with Crippen LogP contribution in [0.4, 0.5) is 0 Å². The molecule has 0 aromatic heterocycles. The smallest absolute Gasteiger partial charge is 0.0576 e. The quantitative estimate of drug-likeness (QED) is 0.522. The summed E-state index contributed by atoms with van der Waals surface area (Å²) in [7, 11) is 0. The molecule has 0 saturated heterocycles. The molecule has 0 atom stereocenters. The van der Waals surface area contributed by atoms with Crippen molar-refractivity contribution in [3.8, 4) is 0 Å². The van der Waals surface area contributed by atoms with Crippen LogP contribution in [0.3, 0.4) is 0 Å². The average Bonchev–Trinajstić information content (AvgIpc) is 2.40. The van der Waals surface area contributed by atoms with Gasteiger partial charge in [0, 0.05) is 5.71 Å². The fourth-order valence-electron chi connectivity index (χ4n) is 0.584. The molecule has 1 nitrogen and oxygen atoms in total. The molecule has 0 fully saturated rings.